The number of rotatable bonds is 8. The zero-order valence-corrected chi connectivity index (χ0v) is 19.0. The highest BCUT2D eigenvalue weighted by atomic mass is 16.5. The number of amides is 1. The van der Waals surface area contributed by atoms with Crippen LogP contribution >= 0.6 is 0 Å². The lowest BCUT2D eigenvalue weighted by Gasteiger charge is -2.12. The first-order valence-corrected chi connectivity index (χ1v) is 10.8. The lowest BCUT2D eigenvalue weighted by Crippen LogP contribution is -2.12. The summed E-state index contributed by atoms with van der Waals surface area (Å²) in [6.07, 6.45) is 0. The molecule has 0 fully saturated rings. The van der Waals surface area contributed by atoms with Gasteiger partial charge in [0.2, 0.25) is 0 Å². The molecule has 4 rings (SSSR count). The smallest absolute Gasteiger partial charge is 0.255 e. The summed E-state index contributed by atoms with van der Waals surface area (Å²) in [5.74, 6) is 1.05. The molecular formula is C28H26N2O4. The molecule has 0 unspecified atom stereocenters. The molecule has 0 atom stereocenters. The molecule has 34 heavy (non-hydrogen) atoms. The van der Waals surface area contributed by atoms with E-state index in [0.717, 1.165) is 22.4 Å². The summed E-state index contributed by atoms with van der Waals surface area (Å²) in [6.45, 7) is 0.581. The average Bonchev–Trinajstić information content (AvgIpc) is 2.89. The van der Waals surface area contributed by atoms with Crippen LogP contribution in [0, 0.1) is 0 Å². The summed E-state index contributed by atoms with van der Waals surface area (Å²) in [6, 6.07) is 27.9. The number of phenolic OH excluding ortho intramolecular Hbond substituents is 1. The molecule has 0 aromatic heterocycles. The topological polar surface area (TPSA) is 79.8 Å². The van der Waals surface area contributed by atoms with Crippen LogP contribution in [0.3, 0.4) is 0 Å². The molecule has 3 N–H and O–H groups in total. The van der Waals surface area contributed by atoms with Crippen molar-refractivity contribution in [3.63, 3.8) is 0 Å². The van der Waals surface area contributed by atoms with Gasteiger partial charge in [0.25, 0.3) is 5.91 Å². The van der Waals surface area contributed by atoms with Gasteiger partial charge >= 0.3 is 0 Å². The fraction of sp³-hybridized carbons (Fsp3) is 0.107. The number of nitrogens with one attached hydrogen (secondary N) is 2. The maximum Gasteiger partial charge on any atom is 0.255 e. The van der Waals surface area contributed by atoms with E-state index in [1.165, 1.54) is 0 Å². The first kappa shape index (κ1) is 22.7. The highest BCUT2D eigenvalue weighted by Gasteiger charge is 2.11. The van der Waals surface area contributed by atoms with Crippen LogP contribution in [0.25, 0.3) is 11.1 Å². The third-order valence-electron chi connectivity index (χ3n) is 5.45. The monoisotopic (exact) mass is 454 g/mol. The normalized spacial score (nSPS) is 10.4. The van der Waals surface area contributed by atoms with Gasteiger partial charge in [0.05, 0.1) is 19.9 Å². The number of carbonyl (C=O) groups excluding carboxylic acids is 1. The molecule has 6 nitrogen and oxygen atoms in total. The number of anilines is 2. The van der Waals surface area contributed by atoms with Gasteiger partial charge in [0.15, 0.2) is 11.5 Å². The third kappa shape index (κ3) is 5.30. The maximum atomic E-state index is 12.8. The lowest BCUT2D eigenvalue weighted by molar-refractivity contribution is 0.102. The van der Waals surface area contributed by atoms with Gasteiger partial charge in [-0.25, -0.2) is 0 Å². The fourth-order valence-electron chi connectivity index (χ4n) is 3.57. The van der Waals surface area contributed by atoms with Crippen molar-refractivity contribution in [2.45, 2.75) is 6.54 Å². The number of methoxy groups -OCH3 is 2. The van der Waals surface area contributed by atoms with Crippen molar-refractivity contribution < 1.29 is 19.4 Å². The van der Waals surface area contributed by atoms with Crippen LogP contribution in [0.4, 0.5) is 11.4 Å². The van der Waals surface area contributed by atoms with E-state index in [9.17, 15) is 9.90 Å². The zero-order chi connectivity index (χ0) is 23.9. The molecule has 4 aromatic rings. The second kappa shape index (κ2) is 10.4. The van der Waals surface area contributed by atoms with E-state index in [-0.39, 0.29) is 11.7 Å². The van der Waals surface area contributed by atoms with Crippen LogP contribution in [0.15, 0.2) is 91.0 Å². The molecule has 172 valence electrons. The Morgan fingerprint density at radius 3 is 2.24 bits per heavy atom. The van der Waals surface area contributed by atoms with Crippen LogP contribution in [0.1, 0.15) is 15.9 Å². The van der Waals surface area contributed by atoms with Crippen molar-refractivity contribution in [1.82, 2.24) is 0 Å². The number of benzene rings is 4. The first-order valence-electron chi connectivity index (χ1n) is 10.8. The van der Waals surface area contributed by atoms with E-state index in [1.54, 1.807) is 38.5 Å². The first-order chi connectivity index (χ1) is 16.6. The van der Waals surface area contributed by atoms with Crippen molar-refractivity contribution >= 4 is 17.3 Å². The van der Waals surface area contributed by atoms with E-state index < -0.39 is 0 Å². The summed E-state index contributed by atoms with van der Waals surface area (Å²) >= 11 is 0. The fourth-order valence-corrected chi connectivity index (χ4v) is 3.57. The SMILES string of the molecule is COc1ccc(NCc2ccc(C(=O)Nc3cc(-c4ccccc4)ccc3O)cc2)cc1OC. The molecule has 0 bridgehead atoms. The summed E-state index contributed by atoms with van der Waals surface area (Å²) in [5.41, 5.74) is 4.69. The standard InChI is InChI=1S/C28H26N2O4/c1-33-26-15-13-23(17-27(26)34-2)29-18-19-8-10-21(11-9-19)28(32)30-24-16-22(12-14-25(24)31)20-6-4-3-5-7-20/h3-17,29,31H,18H2,1-2H3,(H,30,32). The maximum absolute atomic E-state index is 12.8. The predicted molar refractivity (Wildman–Crippen MR) is 135 cm³/mol. The molecule has 1 amide bonds. The molecule has 0 saturated carbocycles. The largest absolute Gasteiger partial charge is 0.506 e. The molecule has 4 aromatic carbocycles. The summed E-state index contributed by atoms with van der Waals surface area (Å²) < 4.78 is 10.6. The highest BCUT2D eigenvalue weighted by molar-refractivity contribution is 6.05. The van der Waals surface area contributed by atoms with Gasteiger partial charge in [0, 0.05) is 23.9 Å². The minimum absolute atomic E-state index is 0.0174. The number of hydrogen-bond acceptors (Lipinski definition) is 5. The van der Waals surface area contributed by atoms with Gasteiger partial charge in [-0.3, -0.25) is 4.79 Å². The Labute approximate surface area is 198 Å². The molecule has 6 heteroatoms. The number of phenols is 1. The van der Waals surface area contributed by atoms with E-state index in [1.807, 2.05) is 66.7 Å². The van der Waals surface area contributed by atoms with E-state index in [0.29, 0.717) is 29.3 Å². The van der Waals surface area contributed by atoms with Crippen LogP contribution in [0.5, 0.6) is 17.2 Å². The predicted octanol–water partition coefficient (Wildman–Crippen LogP) is 5.94. The van der Waals surface area contributed by atoms with Crippen molar-refractivity contribution in [3.8, 4) is 28.4 Å². The Bertz CT molecular complexity index is 1270. The second-order valence-electron chi connectivity index (χ2n) is 7.67. The summed E-state index contributed by atoms with van der Waals surface area (Å²) in [4.78, 5) is 12.8. The van der Waals surface area contributed by atoms with Gasteiger partial charge in [-0.2, -0.15) is 0 Å². The molecule has 0 saturated heterocycles. The Morgan fingerprint density at radius 2 is 1.53 bits per heavy atom. The minimum Gasteiger partial charge on any atom is -0.506 e. The quantitative estimate of drug-likeness (QED) is 0.287. The zero-order valence-electron chi connectivity index (χ0n) is 19.0. The van der Waals surface area contributed by atoms with Gasteiger partial charge < -0.3 is 25.2 Å². The number of hydrogen-bond donors (Lipinski definition) is 3. The summed E-state index contributed by atoms with van der Waals surface area (Å²) in [7, 11) is 3.20. The van der Waals surface area contributed by atoms with Crippen molar-refractivity contribution in [2.24, 2.45) is 0 Å². The third-order valence-corrected chi connectivity index (χ3v) is 5.45. The Morgan fingerprint density at radius 1 is 0.794 bits per heavy atom. The minimum atomic E-state index is -0.292. The molecular weight excluding hydrogens is 428 g/mol. The number of aromatic hydroxyl groups is 1. The molecule has 0 aliphatic rings. The Kier molecular flexibility index (Phi) is 6.98. The summed E-state index contributed by atoms with van der Waals surface area (Å²) in [5, 5.41) is 16.4. The lowest BCUT2D eigenvalue weighted by atomic mass is 10.0. The van der Waals surface area contributed by atoms with Crippen molar-refractivity contribution in [3.05, 3.63) is 102 Å². The van der Waals surface area contributed by atoms with Crippen LogP contribution in [0.2, 0.25) is 0 Å². The van der Waals surface area contributed by atoms with Gasteiger partial charge in [-0.1, -0.05) is 48.5 Å². The van der Waals surface area contributed by atoms with E-state index in [4.69, 9.17) is 9.47 Å². The van der Waals surface area contributed by atoms with Crippen LogP contribution < -0.4 is 20.1 Å². The van der Waals surface area contributed by atoms with Crippen LogP contribution in [-0.4, -0.2) is 25.2 Å². The van der Waals surface area contributed by atoms with Gasteiger partial charge in [-0.05, 0) is 53.1 Å². The average molecular weight is 455 g/mol. The number of carbonyl (C=O) groups is 1. The Hall–Kier alpha value is -4.45. The Balaban J connectivity index is 1.41. The van der Waals surface area contributed by atoms with Crippen LogP contribution in [-0.2, 0) is 6.54 Å². The van der Waals surface area contributed by atoms with Crippen molar-refractivity contribution in [1.29, 1.82) is 0 Å². The van der Waals surface area contributed by atoms with Crippen molar-refractivity contribution in [2.75, 3.05) is 24.9 Å². The van der Waals surface area contributed by atoms with Gasteiger partial charge in [0.1, 0.15) is 5.75 Å². The molecule has 0 spiro atoms. The molecule has 0 aliphatic carbocycles. The van der Waals surface area contributed by atoms with E-state index in [2.05, 4.69) is 10.6 Å². The molecule has 0 radical (unpaired) electrons. The molecule has 0 aliphatic heterocycles. The molecule has 0 heterocycles. The van der Waals surface area contributed by atoms with E-state index >= 15 is 0 Å². The van der Waals surface area contributed by atoms with Gasteiger partial charge in [-0.15, -0.1) is 0 Å². The highest BCUT2D eigenvalue weighted by Crippen LogP contribution is 2.31. The number of ether oxygens (including phenoxy) is 2. The second-order valence-corrected chi connectivity index (χ2v) is 7.67.